The lowest BCUT2D eigenvalue weighted by Gasteiger charge is -2.40. The summed E-state index contributed by atoms with van der Waals surface area (Å²) in [7, 11) is -3.91. The van der Waals surface area contributed by atoms with Crippen molar-refractivity contribution >= 4 is 38.2 Å². The number of piperazine rings is 1. The monoisotopic (exact) mass is 621 g/mol. The smallest absolute Gasteiger partial charge is 0.283 e. The molecule has 4 aromatic rings. The largest absolute Gasteiger partial charge is 0.502 e. The molecular weight excluding hydrogens is 590 g/mol. The zero-order valence-electron chi connectivity index (χ0n) is 23.5. The number of amides is 1. The Labute approximate surface area is 252 Å². The quantitative estimate of drug-likeness (QED) is 0.267. The minimum absolute atomic E-state index is 0.0651. The molecule has 0 bridgehead atoms. The summed E-state index contributed by atoms with van der Waals surface area (Å²) in [6.45, 7) is 3.19. The Balaban J connectivity index is 1.24. The average Bonchev–Trinajstić information content (AvgIpc) is 3.62. The molecule has 0 aliphatic carbocycles. The molecule has 6 rings (SSSR count). The molecule has 2 aliphatic rings. The van der Waals surface area contributed by atoms with Crippen molar-refractivity contribution in [2.45, 2.75) is 56.3 Å². The normalized spacial score (nSPS) is 19.3. The zero-order chi connectivity index (χ0) is 30.3. The summed E-state index contributed by atoms with van der Waals surface area (Å²) in [5.41, 5.74) is 1.72. The van der Waals surface area contributed by atoms with E-state index >= 15 is 0 Å². The Morgan fingerprint density at radius 3 is 2.91 bits per heavy atom. The fraction of sp³-hybridized carbons (Fsp3) is 0.367. The Hall–Kier alpha value is -3.96. The van der Waals surface area contributed by atoms with Crippen molar-refractivity contribution in [1.29, 1.82) is 0 Å². The van der Waals surface area contributed by atoms with E-state index in [0.29, 0.717) is 53.0 Å². The number of H-pyrrole nitrogens is 1. The maximum Gasteiger partial charge on any atom is 0.283 e. The summed E-state index contributed by atoms with van der Waals surface area (Å²) in [6.07, 6.45) is 8.64. The predicted molar refractivity (Wildman–Crippen MR) is 162 cm³/mol. The van der Waals surface area contributed by atoms with Crippen molar-refractivity contribution < 1.29 is 22.7 Å². The Morgan fingerprint density at radius 1 is 1.28 bits per heavy atom. The average molecular weight is 622 g/mol. The second-order valence-electron chi connectivity index (χ2n) is 11.0. The van der Waals surface area contributed by atoms with Gasteiger partial charge in [-0.15, -0.1) is 17.8 Å². The van der Waals surface area contributed by atoms with Crippen LogP contribution in [-0.2, 0) is 29.4 Å². The molecule has 2 unspecified atom stereocenters. The number of nitrogens with one attached hydrogen (secondary N) is 2. The lowest BCUT2D eigenvalue weighted by atomic mass is 10.0. The van der Waals surface area contributed by atoms with Crippen molar-refractivity contribution in [2.75, 3.05) is 19.6 Å². The van der Waals surface area contributed by atoms with Crippen LogP contribution in [0.25, 0.3) is 10.9 Å². The minimum atomic E-state index is -3.91. The summed E-state index contributed by atoms with van der Waals surface area (Å²) in [6, 6.07) is 7.94. The number of thiazole rings is 1. The van der Waals surface area contributed by atoms with Gasteiger partial charge in [-0.2, -0.15) is 4.31 Å². The van der Waals surface area contributed by atoms with Gasteiger partial charge in [-0.05, 0) is 44.0 Å². The third kappa shape index (κ3) is 5.83. The van der Waals surface area contributed by atoms with Gasteiger partial charge in [0.25, 0.3) is 15.9 Å². The second-order valence-corrected chi connectivity index (χ2v) is 13.9. The van der Waals surface area contributed by atoms with E-state index in [4.69, 9.17) is 10.8 Å². The van der Waals surface area contributed by atoms with Gasteiger partial charge in [0.15, 0.2) is 10.8 Å². The van der Waals surface area contributed by atoms with E-state index in [9.17, 15) is 23.1 Å². The van der Waals surface area contributed by atoms with E-state index in [1.165, 1.54) is 21.7 Å². The molecule has 43 heavy (non-hydrogen) atoms. The number of carbonyl (C=O) groups excluding carboxylic acids is 1. The standard InChI is InChI=1S/C30H31N5O6S2/c1-3-19-7-8-23-20(12-19)13-28(32-23)43(39,40)34-9-10-35(30(38)29-33-24-11-18(2)31-15-27(24)42-29)21(16-34)5-4-6-22-14-25(36)26(37)17-41-22/h1,7-8,12-14,17-18,21,31-32,37H,4-6,9-11,15-16H2,2H3. The van der Waals surface area contributed by atoms with Crippen molar-refractivity contribution in [2.24, 2.45) is 0 Å². The van der Waals surface area contributed by atoms with Crippen LogP contribution in [0.5, 0.6) is 5.75 Å². The number of rotatable bonds is 7. The van der Waals surface area contributed by atoms with Gasteiger partial charge in [0, 0.05) is 78.5 Å². The molecule has 1 amide bonds. The Kier molecular flexibility index (Phi) is 7.87. The number of aromatic amines is 1. The zero-order valence-corrected chi connectivity index (χ0v) is 25.1. The molecule has 1 saturated heterocycles. The van der Waals surface area contributed by atoms with Gasteiger partial charge in [-0.3, -0.25) is 9.59 Å². The van der Waals surface area contributed by atoms with Gasteiger partial charge in [0.1, 0.15) is 17.0 Å². The summed E-state index contributed by atoms with van der Waals surface area (Å²) in [5, 5.41) is 14.1. The molecule has 2 aliphatic heterocycles. The van der Waals surface area contributed by atoms with Crippen LogP contribution in [0.15, 0.2) is 50.8 Å². The molecule has 3 aromatic heterocycles. The van der Waals surface area contributed by atoms with Gasteiger partial charge in [0.2, 0.25) is 5.43 Å². The number of aromatic hydroxyl groups is 1. The van der Waals surface area contributed by atoms with Gasteiger partial charge >= 0.3 is 0 Å². The van der Waals surface area contributed by atoms with Gasteiger partial charge in [-0.1, -0.05) is 5.92 Å². The van der Waals surface area contributed by atoms with Crippen LogP contribution in [-0.4, -0.2) is 70.3 Å². The van der Waals surface area contributed by atoms with Gasteiger partial charge < -0.3 is 24.7 Å². The third-order valence-corrected chi connectivity index (χ3v) is 10.9. The first-order chi connectivity index (χ1) is 20.6. The predicted octanol–water partition coefficient (Wildman–Crippen LogP) is 2.84. The van der Waals surface area contributed by atoms with Crippen molar-refractivity contribution in [3.8, 4) is 18.1 Å². The molecule has 5 heterocycles. The molecule has 13 heteroatoms. The van der Waals surface area contributed by atoms with E-state index in [0.717, 1.165) is 23.3 Å². The molecule has 224 valence electrons. The molecule has 1 aromatic carbocycles. The molecule has 0 saturated carbocycles. The SMILES string of the molecule is C#Cc1ccc2[nH]c(S(=O)(=O)N3CCN(C(=O)c4nc5c(s4)CNC(C)C5)C(CCCc4cc(=O)c(O)co4)C3)cc2c1. The number of aryl methyl sites for hydroxylation is 1. The second kappa shape index (κ2) is 11.6. The van der Waals surface area contributed by atoms with Crippen molar-refractivity contribution in [3.05, 3.63) is 73.7 Å². The third-order valence-electron chi connectivity index (χ3n) is 7.99. The number of carbonyl (C=O) groups is 1. The Morgan fingerprint density at radius 2 is 2.12 bits per heavy atom. The van der Waals surface area contributed by atoms with Crippen molar-refractivity contribution in [1.82, 2.24) is 24.5 Å². The topological polar surface area (TPSA) is 149 Å². The van der Waals surface area contributed by atoms with E-state index in [1.807, 2.05) is 0 Å². The summed E-state index contributed by atoms with van der Waals surface area (Å²) in [5.74, 6) is 2.30. The molecule has 3 N–H and O–H groups in total. The van der Waals surface area contributed by atoms with Crippen molar-refractivity contribution in [3.63, 3.8) is 0 Å². The van der Waals surface area contributed by atoms with Crippen LogP contribution in [0.4, 0.5) is 0 Å². The number of hydrogen-bond donors (Lipinski definition) is 3. The van der Waals surface area contributed by atoms with Crippen LogP contribution in [0.2, 0.25) is 0 Å². The Bertz CT molecular complexity index is 1900. The minimum Gasteiger partial charge on any atom is -0.502 e. The first kappa shape index (κ1) is 29.1. The lowest BCUT2D eigenvalue weighted by Crippen LogP contribution is -2.56. The van der Waals surface area contributed by atoms with Gasteiger partial charge in [-0.25, -0.2) is 13.4 Å². The highest BCUT2D eigenvalue weighted by Gasteiger charge is 2.38. The number of terminal acetylenes is 1. The molecular formula is C30H31N5O6S2. The van der Waals surface area contributed by atoms with E-state index < -0.39 is 27.2 Å². The fourth-order valence-corrected chi connectivity index (χ4v) is 8.12. The van der Waals surface area contributed by atoms with Gasteiger partial charge in [0.05, 0.1) is 5.69 Å². The number of hydrogen-bond acceptors (Lipinski definition) is 9. The summed E-state index contributed by atoms with van der Waals surface area (Å²) in [4.78, 5) is 36.1. The lowest BCUT2D eigenvalue weighted by molar-refractivity contribution is 0.0546. The number of nitrogens with zero attached hydrogens (tertiary/aromatic N) is 3. The van der Waals surface area contributed by atoms with Crippen LogP contribution in [0.3, 0.4) is 0 Å². The van der Waals surface area contributed by atoms with Crippen LogP contribution < -0.4 is 10.7 Å². The van der Waals surface area contributed by atoms with E-state index in [2.05, 4.69) is 28.1 Å². The highest BCUT2D eigenvalue weighted by Crippen LogP contribution is 2.29. The van der Waals surface area contributed by atoms with E-state index in [-0.39, 0.29) is 36.6 Å². The molecule has 1 fully saturated rings. The van der Waals surface area contributed by atoms with E-state index in [1.54, 1.807) is 29.2 Å². The highest BCUT2D eigenvalue weighted by molar-refractivity contribution is 7.89. The first-order valence-corrected chi connectivity index (χ1v) is 16.3. The molecule has 11 nitrogen and oxygen atoms in total. The number of benzene rings is 1. The summed E-state index contributed by atoms with van der Waals surface area (Å²) < 4.78 is 34.3. The summed E-state index contributed by atoms with van der Waals surface area (Å²) >= 11 is 1.38. The van der Waals surface area contributed by atoms with Crippen LogP contribution in [0.1, 0.15) is 51.5 Å². The highest BCUT2D eigenvalue weighted by atomic mass is 32.2. The maximum atomic E-state index is 13.8. The maximum absolute atomic E-state index is 13.8. The first-order valence-electron chi connectivity index (χ1n) is 14.1. The molecule has 0 spiro atoms. The van der Waals surface area contributed by atoms with Crippen LogP contribution >= 0.6 is 11.3 Å². The number of sulfonamides is 1. The molecule has 2 atom stereocenters. The number of fused-ring (bicyclic) bond motifs is 2. The number of aromatic nitrogens is 2. The molecule has 0 radical (unpaired) electrons. The fourth-order valence-electron chi connectivity index (χ4n) is 5.64. The van der Waals surface area contributed by atoms with Crippen LogP contribution in [0, 0.1) is 12.3 Å².